The Morgan fingerprint density at radius 2 is 1.85 bits per heavy atom. The van der Waals surface area contributed by atoms with Crippen LogP contribution in [0.25, 0.3) is 0 Å². The standard InChI is InChI=1S/C14H21N3O3/c1-9-6-7-11(17(19)20)10(8-9)16-12(18)13(2,3)14(4,5)15/h6-8H,15H2,1-5H3,(H,16,18). The number of nitrogens with two attached hydrogens (primary N) is 1. The molecule has 0 fully saturated rings. The number of hydrogen-bond acceptors (Lipinski definition) is 4. The van der Waals surface area contributed by atoms with Crippen molar-refractivity contribution in [2.24, 2.45) is 11.1 Å². The number of carbonyl (C=O) groups is 1. The Bertz CT molecular complexity index is 545. The van der Waals surface area contributed by atoms with E-state index in [2.05, 4.69) is 5.32 Å². The van der Waals surface area contributed by atoms with Gasteiger partial charge >= 0.3 is 0 Å². The summed E-state index contributed by atoms with van der Waals surface area (Å²) in [7, 11) is 0. The molecule has 0 bridgehead atoms. The largest absolute Gasteiger partial charge is 0.325 e. The zero-order valence-electron chi connectivity index (χ0n) is 12.5. The molecule has 0 aliphatic heterocycles. The molecule has 1 aromatic carbocycles. The second-order valence-corrected chi connectivity index (χ2v) is 6.08. The topological polar surface area (TPSA) is 98.3 Å². The van der Waals surface area contributed by atoms with Crippen LogP contribution in [-0.4, -0.2) is 16.4 Å². The van der Waals surface area contributed by atoms with Crippen LogP contribution in [0.2, 0.25) is 0 Å². The Balaban J connectivity index is 3.14. The van der Waals surface area contributed by atoms with Gasteiger partial charge in [0.05, 0.1) is 10.3 Å². The summed E-state index contributed by atoms with van der Waals surface area (Å²) in [6, 6.07) is 4.59. The molecule has 6 heteroatoms. The quantitative estimate of drug-likeness (QED) is 0.653. The van der Waals surface area contributed by atoms with Crippen LogP contribution < -0.4 is 11.1 Å². The van der Waals surface area contributed by atoms with E-state index in [9.17, 15) is 14.9 Å². The van der Waals surface area contributed by atoms with Crippen molar-refractivity contribution in [3.63, 3.8) is 0 Å². The average Bonchev–Trinajstić information content (AvgIpc) is 2.26. The molecule has 3 N–H and O–H groups in total. The van der Waals surface area contributed by atoms with E-state index in [-0.39, 0.29) is 17.3 Å². The summed E-state index contributed by atoms with van der Waals surface area (Å²) < 4.78 is 0. The lowest BCUT2D eigenvalue weighted by atomic mass is 9.74. The molecule has 6 nitrogen and oxygen atoms in total. The molecule has 0 spiro atoms. The van der Waals surface area contributed by atoms with E-state index in [1.54, 1.807) is 46.8 Å². The highest BCUT2D eigenvalue weighted by atomic mass is 16.6. The summed E-state index contributed by atoms with van der Waals surface area (Å²) in [5.41, 5.74) is 5.27. The zero-order valence-corrected chi connectivity index (χ0v) is 12.5. The van der Waals surface area contributed by atoms with Crippen molar-refractivity contribution >= 4 is 17.3 Å². The van der Waals surface area contributed by atoms with Crippen molar-refractivity contribution in [2.45, 2.75) is 40.2 Å². The van der Waals surface area contributed by atoms with E-state index < -0.39 is 15.9 Å². The van der Waals surface area contributed by atoms with Crippen molar-refractivity contribution in [1.29, 1.82) is 0 Å². The second kappa shape index (κ2) is 5.20. The third-order valence-electron chi connectivity index (χ3n) is 3.78. The maximum Gasteiger partial charge on any atom is 0.292 e. The number of hydrogen-bond donors (Lipinski definition) is 2. The summed E-state index contributed by atoms with van der Waals surface area (Å²) in [6.07, 6.45) is 0. The number of rotatable bonds is 4. The third-order valence-corrected chi connectivity index (χ3v) is 3.78. The Labute approximate surface area is 118 Å². The first-order chi connectivity index (χ1) is 8.96. The van der Waals surface area contributed by atoms with E-state index in [4.69, 9.17) is 5.73 Å². The van der Waals surface area contributed by atoms with Gasteiger partial charge in [-0.3, -0.25) is 14.9 Å². The van der Waals surface area contributed by atoms with Crippen molar-refractivity contribution in [1.82, 2.24) is 0 Å². The summed E-state index contributed by atoms with van der Waals surface area (Å²) >= 11 is 0. The Morgan fingerprint density at radius 3 is 2.30 bits per heavy atom. The number of nitrogens with one attached hydrogen (secondary N) is 1. The minimum atomic E-state index is -0.870. The number of aryl methyl sites for hydroxylation is 1. The zero-order chi connectivity index (χ0) is 15.7. The molecule has 1 aromatic rings. The molecule has 1 amide bonds. The average molecular weight is 279 g/mol. The highest BCUT2D eigenvalue weighted by molar-refractivity contribution is 5.97. The van der Waals surface area contributed by atoms with Gasteiger partial charge < -0.3 is 11.1 Å². The van der Waals surface area contributed by atoms with Crippen molar-refractivity contribution in [2.75, 3.05) is 5.32 Å². The number of amides is 1. The van der Waals surface area contributed by atoms with Crippen LogP contribution in [0.5, 0.6) is 0 Å². The van der Waals surface area contributed by atoms with Gasteiger partial charge in [0.15, 0.2) is 0 Å². The molecule has 0 atom stereocenters. The number of carbonyl (C=O) groups excluding carboxylic acids is 1. The smallest absolute Gasteiger partial charge is 0.292 e. The van der Waals surface area contributed by atoms with E-state index >= 15 is 0 Å². The SMILES string of the molecule is Cc1ccc([N+](=O)[O-])c(NC(=O)C(C)(C)C(C)(C)N)c1. The van der Waals surface area contributed by atoms with Crippen LogP contribution in [0, 0.1) is 22.5 Å². The Morgan fingerprint density at radius 1 is 1.30 bits per heavy atom. The predicted octanol–water partition coefficient (Wildman–Crippen LogP) is 2.61. The molecule has 0 radical (unpaired) electrons. The van der Waals surface area contributed by atoms with E-state index in [0.29, 0.717) is 0 Å². The molecule has 0 saturated carbocycles. The minimum Gasteiger partial charge on any atom is -0.325 e. The van der Waals surface area contributed by atoms with Gasteiger partial charge in [0.2, 0.25) is 5.91 Å². The summed E-state index contributed by atoms with van der Waals surface area (Å²) in [6.45, 7) is 8.72. The van der Waals surface area contributed by atoms with Gasteiger partial charge in [-0.15, -0.1) is 0 Å². The maximum absolute atomic E-state index is 12.4. The van der Waals surface area contributed by atoms with Crippen LogP contribution in [0.15, 0.2) is 18.2 Å². The number of nitrogens with zero attached hydrogens (tertiary/aromatic N) is 1. The highest BCUT2D eigenvalue weighted by Gasteiger charge is 2.40. The van der Waals surface area contributed by atoms with Gasteiger partial charge in [-0.25, -0.2) is 0 Å². The first kappa shape index (κ1) is 16.1. The molecular weight excluding hydrogens is 258 g/mol. The molecule has 0 aliphatic rings. The summed E-state index contributed by atoms with van der Waals surface area (Å²) in [5.74, 6) is -0.348. The predicted molar refractivity (Wildman–Crippen MR) is 78.5 cm³/mol. The molecule has 1 rings (SSSR count). The minimum absolute atomic E-state index is 0.130. The molecule has 0 aliphatic carbocycles. The fraction of sp³-hybridized carbons (Fsp3) is 0.500. The van der Waals surface area contributed by atoms with Gasteiger partial charge in [0, 0.05) is 11.6 Å². The lowest BCUT2D eigenvalue weighted by Crippen LogP contribution is -2.53. The maximum atomic E-state index is 12.4. The fourth-order valence-corrected chi connectivity index (χ4v) is 1.48. The lowest BCUT2D eigenvalue weighted by Gasteiger charge is -2.36. The van der Waals surface area contributed by atoms with Gasteiger partial charge in [-0.2, -0.15) is 0 Å². The third kappa shape index (κ3) is 3.14. The summed E-state index contributed by atoms with van der Waals surface area (Å²) in [4.78, 5) is 22.8. The molecule has 110 valence electrons. The van der Waals surface area contributed by atoms with Crippen LogP contribution in [0.4, 0.5) is 11.4 Å². The monoisotopic (exact) mass is 279 g/mol. The molecule has 20 heavy (non-hydrogen) atoms. The van der Waals surface area contributed by atoms with Gasteiger partial charge in [0.25, 0.3) is 5.69 Å². The number of anilines is 1. The normalized spacial score (nSPS) is 12.1. The van der Waals surface area contributed by atoms with Gasteiger partial charge in [0.1, 0.15) is 5.69 Å². The van der Waals surface area contributed by atoms with Crippen molar-refractivity contribution < 1.29 is 9.72 Å². The first-order valence-electron chi connectivity index (χ1n) is 6.32. The van der Waals surface area contributed by atoms with Gasteiger partial charge in [-0.1, -0.05) is 6.07 Å². The molecular formula is C14H21N3O3. The molecule has 0 unspecified atom stereocenters. The molecule has 0 aromatic heterocycles. The molecule has 0 saturated heterocycles. The first-order valence-corrected chi connectivity index (χ1v) is 6.32. The van der Waals surface area contributed by atoms with E-state index in [0.717, 1.165) is 5.56 Å². The van der Waals surface area contributed by atoms with Crippen LogP contribution in [0.1, 0.15) is 33.3 Å². The highest BCUT2D eigenvalue weighted by Crippen LogP contribution is 2.32. The molecule has 0 heterocycles. The van der Waals surface area contributed by atoms with Crippen molar-refractivity contribution in [3.05, 3.63) is 33.9 Å². The second-order valence-electron chi connectivity index (χ2n) is 6.08. The lowest BCUT2D eigenvalue weighted by molar-refractivity contribution is -0.383. The summed E-state index contributed by atoms with van der Waals surface area (Å²) in [5, 5.41) is 13.6. The Kier molecular flexibility index (Phi) is 4.19. The van der Waals surface area contributed by atoms with E-state index in [1.807, 2.05) is 0 Å². The fourth-order valence-electron chi connectivity index (χ4n) is 1.48. The van der Waals surface area contributed by atoms with E-state index in [1.165, 1.54) is 6.07 Å². The van der Waals surface area contributed by atoms with Gasteiger partial charge in [-0.05, 0) is 46.2 Å². The van der Waals surface area contributed by atoms with Crippen molar-refractivity contribution in [3.8, 4) is 0 Å². The number of nitro groups is 1. The van der Waals surface area contributed by atoms with Crippen LogP contribution >= 0.6 is 0 Å². The Hall–Kier alpha value is -1.95. The van der Waals surface area contributed by atoms with Crippen LogP contribution in [0.3, 0.4) is 0 Å². The number of benzene rings is 1. The number of nitro benzene ring substituents is 1. The van der Waals surface area contributed by atoms with Crippen LogP contribution in [-0.2, 0) is 4.79 Å².